The molecular weight excluding hydrogens is 252 g/mol. The molecule has 2 aromatic rings. The summed E-state index contributed by atoms with van der Waals surface area (Å²) >= 11 is 5.83. The third-order valence-electron chi connectivity index (χ3n) is 3.73. The maximum atomic E-state index is 12.1. The third kappa shape index (κ3) is 1.65. The van der Waals surface area contributed by atoms with Gasteiger partial charge in [-0.1, -0.05) is 12.8 Å². The first kappa shape index (κ1) is 11.7. The Morgan fingerprint density at radius 2 is 2.17 bits per heavy atom. The number of imidazole rings is 1. The molecule has 0 aromatic carbocycles. The first-order chi connectivity index (χ1) is 8.72. The van der Waals surface area contributed by atoms with Gasteiger partial charge >= 0.3 is 0 Å². The number of hydrogen-bond donors (Lipinski definition) is 0. The SMILES string of the molecule is Cn1c(CCl)nn2c(C3CCCC3)ncc2c1=O. The van der Waals surface area contributed by atoms with E-state index in [9.17, 15) is 4.79 Å². The summed E-state index contributed by atoms with van der Waals surface area (Å²) in [6.45, 7) is 0. The van der Waals surface area contributed by atoms with Gasteiger partial charge in [0.2, 0.25) is 0 Å². The van der Waals surface area contributed by atoms with Gasteiger partial charge in [-0.15, -0.1) is 11.6 Å². The number of halogens is 1. The maximum Gasteiger partial charge on any atom is 0.279 e. The average molecular weight is 267 g/mol. The van der Waals surface area contributed by atoms with Crippen LogP contribution < -0.4 is 5.56 Å². The van der Waals surface area contributed by atoms with Crippen molar-refractivity contribution < 1.29 is 0 Å². The van der Waals surface area contributed by atoms with Crippen LogP contribution in [-0.2, 0) is 12.9 Å². The van der Waals surface area contributed by atoms with Gasteiger partial charge in [-0.3, -0.25) is 9.36 Å². The van der Waals surface area contributed by atoms with Gasteiger partial charge < -0.3 is 0 Å². The number of nitrogens with zero attached hydrogens (tertiary/aromatic N) is 4. The number of rotatable bonds is 2. The van der Waals surface area contributed by atoms with Crippen LogP contribution in [0.3, 0.4) is 0 Å². The van der Waals surface area contributed by atoms with Gasteiger partial charge in [0.05, 0.1) is 12.1 Å². The van der Waals surface area contributed by atoms with Gasteiger partial charge in [0.15, 0.2) is 5.52 Å². The summed E-state index contributed by atoms with van der Waals surface area (Å²) in [5.74, 6) is 2.14. The molecule has 0 amide bonds. The van der Waals surface area contributed by atoms with Crippen molar-refractivity contribution in [3.05, 3.63) is 28.2 Å². The zero-order chi connectivity index (χ0) is 12.7. The molecule has 18 heavy (non-hydrogen) atoms. The summed E-state index contributed by atoms with van der Waals surface area (Å²) in [5, 5.41) is 4.44. The molecule has 2 heterocycles. The summed E-state index contributed by atoms with van der Waals surface area (Å²) in [6.07, 6.45) is 6.35. The lowest BCUT2D eigenvalue weighted by Crippen LogP contribution is -2.25. The van der Waals surface area contributed by atoms with Gasteiger partial charge in [-0.25, -0.2) is 9.50 Å². The summed E-state index contributed by atoms with van der Waals surface area (Å²) < 4.78 is 3.18. The Morgan fingerprint density at radius 3 is 2.83 bits per heavy atom. The fourth-order valence-electron chi connectivity index (χ4n) is 2.66. The molecule has 96 valence electrons. The highest BCUT2D eigenvalue weighted by molar-refractivity contribution is 6.16. The van der Waals surface area contributed by atoms with Gasteiger partial charge in [-0.05, 0) is 12.8 Å². The van der Waals surface area contributed by atoms with Crippen LogP contribution in [0.1, 0.15) is 43.3 Å². The van der Waals surface area contributed by atoms with Crippen LogP contribution in [-0.4, -0.2) is 19.2 Å². The van der Waals surface area contributed by atoms with E-state index >= 15 is 0 Å². The van der Waals surface area contributed by atoms with E-state index in [1.54, 1.807) is 17.8 Å². The second kappa shape index (κ2) is 4.39. The monoisotopic (exact) mass is 266 g/mol. The molecular formula is C12H15ClN4O. The third-order valence-corrected chi connectivity index (χ3v) is 3.97. The molecule has 0 bridgehead atoms. The zero-order valence-corrected chi connectivity index (χ0v) is 11.0. The van der Waals surface area contributed by atoms with E-state index in [2.05, 4.69) is 10.1 Å². The van der Waals surface area contributed by atoms with E-state index < -0.39 is 0 Å². The summed E-state index contributed by atoms with van der Waals surface area (Å²) in [5.41, 5.74) is 0.450. The van der Waals surface area contributed by atoms with Crippen LogP contribution in [0.4, 0.5) is 0 Å². The van der Waals surface area contributed by atoms with Crippen molar-refractivity contribution in [3.8, 4) is 0 Å². The van der Waals surface area contributed by atoms with E-state index in [-0.39, 0.29) is 11.4 Å². The summed E-state index contributed by atoms with van der Waals surface area (Å²) in [7, 11) is 1.69. The number of fused-ring (bicyclic) bond motifs is 1. The van der Waals surface area contributed by atoms with Gasteiger partial charge in [-0.2, -0.15) is 5.10 Å². The first-order valence-corrected chi connectivity index (χ1v) is 6.75. The molecule has 0 aliphatic heterocycles. The van der Waals surface area contributed by atoms with E-state index in [1.807, 2.05) is 0 Å². The molecule has 3 rings (SSSR count). The zero-order valence-electron chi connectivity index (χ0n) is 10.3. The summed E-state index contributed by atoms with van der Waals surface area (Å²) in [4.78, 5) is 16.5. The molecule has 1 fully saturated rings. The maximum absolute atomic E-state index is 12.1. The molecule has 0 unspecified atom stereocenters. The Labute approximate surface area is 109 Å². The highest BCUT2D eigenvalue weighted by Gasteiger charge is 2.23. The molecule has 0 saturated heterocycles. The van der Waals surface area contributed by atoms with Crippen LogP contribution in [0, 0.1) is 0 Å². The van der Waals surface area contributed by atoms with Crippen molar-refractivity contribution in [1.82, 2.24) is 19.2 Å². The minimum Gasteiger partial charge on any atom is -0.295 e. The Kier molecular flexibility index (Phi) is 2.86. The number of alkyl halides is 1. The van der Waals surface area contributed by atoms with Crippen molar-refractivity contribution in [2.75, 3.05) is 0 Å². The molecule has 0 atom stereocenters. The lowest BCUT2D eigenvalue weighted by Gasteiger charge is -2.09. The van der Waals surface area contributed by atoms with Gasteiger partial charge in [0, 0.05) is 13.0 Å². The van der Waals surface area contributed by atoms with Crippen LogP contribution in [0.25, 0.3) is 5.52 Å². The lowest BCUT2D eigenvalue weighted by atomic mass is 10.1. The Morgan fingerprint density at radius 1 is 1.44 bits per heavy atom. The van der Waals surface area contributed by atoms with Crippen LogP contribution >= 0.6 is 11.6 Å². The van der Waals surface area contributed by atoms with Crippen molar-refractivity contribution >= 4 is 17.1 Å². The molecule has 1 saturated carbocycles. The van der Waals surface area contributed by atoms with Crippen LogP contribution in [0.5, 0.6) is 0 Å². The molecule has 0 N–H and O–H groups in total. The highest BCUT2D eigenvalue weighted by Crippen LogP contribution is 2.32. The van der Waals surface area contributed by atoms with Gasteiger partial charge in [0.1, 0.15) is 11.6 Å². The normalized spacial score (nSPS) is 16.8. The smallest absolute Gasteiger partial charge is 0.279 e. The minimum atomic E-state index is -0.0857. The molecule has 2 aromatic heterocycles. The Bertz CT molecular complexity index is 639. The van der Waals surface area contributed by atoms with Gasteiger partial charge in [0.25, 0.3) is 5.56 Å². The standard InChI is InChI=1S/C12H15ClN4O/c1-16-10(6-13)15-17-9(12(16)18)7-14-11(17)8-4-2-3-5-8/h7-8H,2-6H2,1H3. The summed E-state index contributed by atoms with van der Waals surface area (Å²) in [6, 6.07) is 0. The predicted molar refractivity (Wildman–Crippen MR) is 69.0 cm³/mol. The van der Waals surface area contributed by atoms with Crippen LogP contribution in [0.15, 0.2) is 11.0 Å². The largest absolute Gasteiger partial charge is 0.295 e. The quantitative estimate of drug-likeness (QED) is 0.779. The number of aromatic nitrogens is 4. The fraction of sp³-hybridized carbons (Fsp3) is 0.583. The van der Waals surface area contributed by atoms with Crippen molar-refractivity contribution in [3.63, 3.8) is 0 Å². The lowest BCUT2D eigenvalue weighted by molar-refractivity contribution is 0.619. The molecule has 1 aliphatic rings. The first-order valence-electron chi connectivity index (χ1n) is 6.22. The van der Waals surface area contributed by atoms with E-state index in [1.165, 1.54) is 17.4 Å². The van der Waals surface area contributed by atoms with Crippen molar-refractivity contribution in [1.29, 1.82) is 0 Å². The average Bonchev–Trinajstić information content (AvgIpc) is 3.01. The van der Waals surface area contributed by atoms with E-state index in [0.29, 0.717) is 17.3 Å². The minimum absolute atomic E-state index is 0.0857. The van der Waals surface area contributed by atoms with E-state index in [0.717, 1.165) is 18.7 Å². The number of hydrogen-bond acceptors (Lipinski definition) is 3. The topological polar surface area (TPSA) is 52.2 Å². The van der Waals surface area contributed by atoms with E-state index in [4.69, 9.17) is 11.6 Å². The Hall–Kier alpha value is -1.36. The molecule has 5 nitrogen and oxygen atoms in total. The predicted octanol–water partition coefficient (Wildman–Crippen LogP) is 1.82. The van der Waals surface area contributed by atoms with Crippen molar-refractivity contribution in [2.24, 2.45) is 7.05 Å². The molecule has 0 spiro atoms. The molecule has 1 aliphatic carbocycles. The Balaban J connectivity index is 2.23. The highest BCUT2D eigenvalue weighted by atomic mass is 35.5. The second-order valence-corrected chi connectivity index (χ2v) is 5.08. The fourth-order valence-corrected chi connectivity index (χ4v) is 2.89. The van der Waals surface area contributed by atoms with Crippen molar-refractivity contribution in [2.45, 2.75) is 37.5 Å². The second-order valence-electron chi connectivity index (χ2n) is 4.81. The molecule has 0 radical (unpaired) electrons. The van der Waals surface area contributed by atoms with Crippen LogP contribution in [0.2, 0.25) is 0 Å². The molecule has 6 heteroatoms.